The lowest BCUT2D eigenvalue weighted by molar-refractivity contribution is -0.125. The highest BCUT2D eigenvalue weighted by atomic mass is 79.9. The number of alkyl halides is 1. The van der Waals surface area contributed by atoms with Crippen LogP contribution in [0.2, 0.25) is 0 Å². The number of nitrogens with zero attached hydrogens (tertiary/aromatic N) is 2. The molecule has 0 radical (unpaired) electrons. The van der Waals surface area contributed by atoms with Gasteiger partial charge in [-0.1, -0.05) is 36.2 Å². The lowest BCUT2D eigenvalue weighted by Crippen LogP contribution is -2.54. The van der Waals surface area contributed by atoms with E-state index in [0.717, 1.165) is 32.1 Å². The van der Waals surface area contributed by atoms with Gasteiger partial charge in [-0.2, -0.15) is 0 Å². The third kappa shape index (κ3) is 4.24. The summed E-state index contributed by atoms with van der Waals surface area (Å²) >= 11 is 4.03. The van der Waals surface area contributed by atoms with Crippen LogP contribution in [0.3, 0.4) is 0 Å². The van der Waals surface area contributed by atoms with E-state index in [2.05, 4.69) is 27.8 Å². The SMILES string of the molecule is CCCCN(C(=O)CC12CC3CC(CC(Br)(C3)C1)C2)c1c(N)n(CCC)c(=O)[nH]c1=O. The molecule has 0 saturated heterocycles. The molecule has 2 unspecified atom stereocenters. The van der Waals surface area contributed by atoms with Crippen LogP contribution in [0.15, 0.2) is 9.59 Å². The van der Waals surface area contributed by atoms with Gasteiger partial charge in [0, 0.05) is 23.8 Å². The molecule has 8 heteroatoms. The quantitative estimate of drug-likeness (QED) is 0.536. The maximum atomic E-state index is 13.7. The second-order valence-electron chi connectivity index (χ2n) is 10.3. The van der Waals surface area contributed by atoms with Crippen molar-refractivity contribution in [3.05, 3.63) is 20.8 Å². The highest BCUT2D eigenvalue weighted by molar-refractivity contribution is 9.10. The van der Waals surface area contributed by atoms with Gasteiger partial charge in [0.25, 0.3) is 5.56 Å². The predicted molar refractivity (Wildman–Crippen MR) is 127 cm³/mol. The Morgan fingerprint density at radius 1 is 1.19 bits per heavy atom. The van der Waals surface area contributed by atoms with E-state index in [1.165, 1.54) is 23.8 Å². The first-order chi connectivity index (χ1) is 14.7. The van der Waals surface area contributed by atoms with E-state index in [-0.39, 0.29) is 27.2 Å². The van der Waals surface area contributed by atoms with Crippen molar-refractivity contribution in [1.29, 1.82) is 0 Å². The molecule has 31 heavy (non-hydrogen) atoms. The molecule has 1 heterocycles. The summed E-state index contributed by atoms with van der Waals surface area (Å²) in [5.74, 6) is 1.45. The molecular weight excluding hydrogens is 460 g/mol. The first kappa shape index (κ1) is 22.6. The number of aromatic nitrogens is 2. The average molecular weight is 495 g/mol. The van der Waals surface area contributed by atoms with E-state index in [1.807, 2.05) is 6.92 Å². The van der Waals surface area contributed by atoms with Crippen LogP contribution in [0.25, 0.3) is 0 Å². The Morgan fingerprint density at radius 3 is 2.45 bits per heavy atom. The van der Waals surface area contributed by atoms with Gasteiger partial charge in [-0.05, 0) is 68.6 Å². The van der Waals surface area contributed by atoms with E-state index in [4.69, 9.17) is 5.73 Å². The van der Waals surface area contributed by atoms with Crippen molar-refractivity contribution in [3.8, 4) is 0 Å². The number of carbonyl (C=O) groups excluding carboxylic acids is 1. The van der Waals surface area contributed by atoms with E-state index >= 15 is 0 Å². The van der Waals surface area contributed by atoms with Crippen molar-refractivity contribution in [2.24, 2.45) is 17.3 Å². The van der Waals surface area contributed by atoms with Gasteiger partial charge in [-0.15, -0.1) is 0 Å². The zero-order valence-electron chi connectivity index (χ0n) is 18.7. The number of H-pyrrole nitrogens is 1. The number of nitrogens with one attached hydrogen (secondary N) is 1. The molecule has 172 valence electrons. The van der Waals surface area contributed by atoms with Crippen LogP contribution in [0.4, 0.5) is 11.5 Å². The molecule has 5 rings (SSSR count). The summed E-state index contributed by atoms with van der Waals surface area (Å²) in [6.45, 7) is 4.85. The molecule has 4 aliphatic rings. The van der Waals surface area contributed by atoms with Gasteiger partial charge < -0.3 is 10.6 Å². The second-order valence-corrected chi connectivity index (χ2v) is 12.0. The van der Waals surface area contributed by atoms with E-state index in [0.29, 0.717) is 37.8 Å². The van der Waals surface area contributed by atoms with Crippen molar-refractivity contribution in [1.82, 2.24) is 9.55 Å². The van der Waals surface area contributed by atoms with E-state index < -0.39 is 11.2 Å². The lowest BCUT2D eigenvalue weighted by Gasteiger charge is -2.60. The molecule has 2 atom stereocenters. The summed E-state index contributed by atoms with van der Waals surface area (Å²) in [6.07, 6.45) is 9.78. The topological polar surface area (TPSA) is 101 Å². The van der Waals surface area contributed by atoms with Crippen LogP contribution < -0.4 is 21.9 Å². The number of hydrogen-bond acceptors (Lipinski definition) is 4. The third-order valence-electron chi connectivity index (χ3n) is 7.60. The fourth-order valence-corrected chi connectivity index (χ4v) is 8.43. The molecule has 0 spiro atoms. The van der Waals surface area contributed by atoms with Gasteiger partial charge in [0.1, 0.15) is 5.82 Å². The first-order valence-electron chi connectivity index (χ1n) is 11.8. The molecule has 4 bridgehead atoms. The summed E-state index contributed by atoms with van der Waals surface area (Å²) in [5, 5.41) is 0. The van der Waals surface area contributed by atoms with Crippen LogP contribution in [0, 0.1) is 17.3 Å². The second kappa shape index (κ2) is 8.41. The fourth-order valence-electron chi connectivity index (χ4n) is 6.92. The maximum absolute atomic E-state index is 13.7. The standard InChI is InChI=1S/C23H35BrN4O3/c1-3-5-7-27(18-19(25)28(6-4-2)21(31)26-20(18)30)17(29)13-22-9-15-8-16(10-22)12-23(24,11-15)14-22/h15-16H,3-14,25H2,1-2H3,(H,26,30,31). The van der Waals surface area contributed by atoms with Gasteiger partial charge in [0.15, 0.2) is 5.69 Å². The molecular formula is C23H35BrN4O3. The van der Waals surface area contributed by atoms with Crippen molar-refractivity contribution < 1.29 is 4.79 Å². The Labute approximate surface area is 191 Å². The van der Waals surface area contributed by atoms with Gasteiger partial charge in [-0.3, -0.25) is 19.1 Å². The number of anilines is 2. The minimum Gasteiger partial charge on any atom is -0.383 e. The highest BCUT2D eigenvalue weighted by Crippen LogP contribution is 2.65. The Balaban J connectivity index is 1.66. The number of hydrogen-bond donors (Lipinski definition) is 2. The normalized spacial score (nSPS) is 31.2. The van der Waals surface area contributed by atoms with E-state index in [1.54, 1.807) is 4.90 Å². The predicted octanol–water partition coefficient (Wildman–Crippen LogP) is 3.79. The average Bonchev–Trinajstić information content (AvgIpc) is 2.65. The number of nitrogen functional groups attached to an aromatic ring is 1. The number of amides is 1. The summed E-state index contributed by atoms with van der Waals surface area (Å²) in [4.78, 5) is 42.7. The number of aromatic amines is 1. The van der Waals surface area contributed by atoms with Crippen LogP contribution in [-0.2, 0) is 11.3 Å². The first-order valence-corrected chi connectivity index (χ1v) is 12.6. The summed E-state index contributed by atoms with van der Waals surface area (Å²) < 4.78 is 1.55. The molecule has 4 fully saturated rings. The summed E-state index contributed by atoms with van der Waals surface area (Å²) in [5.41, 5.74) is 5.37. The minimum atomic E-state index is -0.568. The van der Waals surface area contributed by atoms with Gasteiger partial charge >= 0.3 is 5.69 Å². The highest BCUT2D eigenvalue weighted by Gasteiger charge is 2.57. The molecule has 7 nitrogen and oxygen atoms in total. The molecule has 0 aliphatic heterocycles. The molecule has 0 aromatic carbocycles. The van der Waals surface area contributed by atoms with Gasteiger partial charge in [0.2, 0.25) is 5.91 Å². The number of nitrogens with two attached hydrogens (primary N) is 1. The zero-order valence-corrected chi connectivity index (χ0v) is 20.3. The lowest BCUT2D eigenvalue weighted by atomic mass is 9.48. The van der Waals surface area contributed by atoms with Crippen molar-refractivity contribution >= 4 is 33.3 Å². The monoisotopic (exact) mass is 494 g/mol. The Hall–Kier alpha value is -1.57. The number of halogens is 1. The molecule has 1 aromatic heterocycles. The van der Waals surface area contributed by atoms with Crippen molar-refractivity contribution in [2.45, 2.75) is 88.9 Å². The van der Waals surface area contributed by atoms with Crippen LogP contribution >= 0.6 is 15.9 Å². The fraction of sp³-hybridized carbons (Fsp3) is 0.783. The van der Waals surface area contributed by atoms with Crippen LogP contribution in [0.5, 0.6) is 0 Å². The Bertz CT molecular complexity index is 955. The minimum absolute atomic E-state index is 0.00845. The number of unbranched alkanes of at least 4 members (excludes halogenated alkanes) is 1. The number of rotatable bonds is 8. The molecule has 1 aromatic rings. The largest absolute Gasteiger partial charge is 0.383 e. The molecule has 1 amide bonds. The van der Waals surface area contributed by atoms with Gasteiger partial charge in [0.05, 0.1) is 0 Å². The smallest absolute Gasteiger partial charge is 0.330 e. The third-order valence-corrected chi connectivity index (χ3v) is 8.53. The number of carbonyl (C=O) groups is 1. The van der Waals surface area contributed by atoms with Crippen molar-refractivity contribution in [3.63, 3.8) is 0 Å². The maximum Gasteiger partial charge on any atom is 0.330 e. The van der Waals surface area contributed by atoms with Crippen LogP contribution in [0.1, 0.15) is 78.1 Å². The molecule has 4 saturated carbocycles. The molecule has 3 N–H and O–H groups in total. The molecule has 4 aliphatic carbocycles. The van der Waals surface area contributed by atoms with Gasteiger partial charge in [-0.25, -0.2) is 4.79 Å². The van der Waals surface area contributed by atoms with Crippen molar-refractivity contribution in [2.75, 3.05) is 17.2 Å². The zero-order chi connectivity index (χ0) is 22.4. The summed E-state index contributed by atoms with van der Waals surface area (Å²) in [7, 11) is 0. The van der Waals surface area contributed by atoms with E-state index in [9.17, 15) is 14.4 Å². The van der Waals surface area contributed by atoms with Crippen LogP contribution in [-0.4, -0.2) is 26.3 Å². The summed E-state index contributed by atoms with van der Waals surface area (Å²) in [6, 6.07) is 0. The Morgan fingerprint density at radius 2 is 1.87 bits per heavy atom. The Kier molecular flexibility index (Phi) is 6.14.